The third-order valence-electron chi connectivity index (χ3n) is 0.799. The van der Waals surface area contributed by atoms with Crippen LogP contribution in [0.15, 0.2) is 0 Å². The summed E-state index contributed by atoms with van der Waals surface area (Å²) in [5.74, 6) is 0. The zero-order valence-corrected chi connectivity index (χ0v) is 6.22. The van der Waals surface area contributed by atoms with E-state index in [-0.39, 0.29) is 0 Å². The SMILES string of the molecule is C[C@@H](COC(F)(F)F)OC(N)=O. The first-order valence-electron chi connectivity index (χ1n) is 2.98. The van der Waals surface area contributed by atoms with Gasteiger partial charge < -0.3 is 10.5 Å². The van der Waals surface area contributed by atoms with Gasteiger partial charge in [-0.2, -0.15) is 0 Å². The van der Waals surface area contributed by atoms with Crippen molar-refractivity contribution < 1.29 is 27.4 Å². The summed E-state index contributed by atoms with van der Waals surface area (Å²) in [5.41, 5.74) is 4.53. The van der Waals surface area contributed by atoms with Crippen molar-refractivity contribution in [3.8, 4) is 0 Å². The van der Waals surface area contributed by atoms with Gasteiger partial charge in [0.25, 0.3) is 0 Å². The average molecular weight is 187 g/mol. The fourth-order valence-corrected chi connectivity index (χ4v) is 0.444. The number of amides is 1. The lowest BCUT2D eigenvalue weighted by Crippen LogP contribution is -2.27. The minimum atomic E-state index is -4.71. The maximum atomic E-state index is 11.4. The van der Waals surface area contributed by atoms with Crippen LogP contribution in [0.3, 0.4) is 0 Å². The lowest BCUT2D eigenvalue weighted by Gasteiger charge is -2.12. The molecule has 1 atom stereocenters. The summed E-state index contributed by atoms with van der Waals surface area (Å²) in [6, 6.07) is 0. The first kappa shape index (κ1) is 11.0. The molecular weight excluding hydrogens is 179 g/mol. The highest BCUT2D eigenvalue weighted by atomic mass is 19.4. The van der Waals surface area contributed by atoms with E-state index in [4.69, 9.17) is 0 Å². The molecule has 0 fully saturated rings. The van der Waals surface area contributed by atoms with E-state index in [9.17, 15) is 18.0 Å². The summed E-state index contributed by atoms with van der Waals surface area (Å²) in [5, 5.41) is 0. The maximum absolute atomic E-state index is 11.4. The van der Waals surface area contributed by atoms with Crippen LogP contribution in [-0.4, -0.2) is 25.2 Å². The molecule has 0 rings (SSSR count). The Morgan fingerprint density at radius 1 is 1.58 bits per heavy atom. The van der Waals surface area contributed by atoms with Crippen LogP contribution in [0.1, 0.15) is 6.92 Å². The van der Waals surface area contributed by atoms with Gasteiger partial charge in [0.15, 0.2) is 0 Å². The molecule has 0 radical (unpaired) electrons. The van der Waals surface area contributed by atoms with Crippen LogP contribution in [0.5, 0.6) is 0 Å². The van der Waals surface area contributed by atoms with Gasteiger partial charge in [-0.05, 0) is 6.92 Å². The summed E-state index contributed by atoms with van der Waals surface area (Å²) < 4.78 is 41.6. The van der Waals surface area contributed by atoms with Gasteiger partial charge in [-0.1, -0.05) is 0 Å². The monoisotopic (exact) mass is 187 g/mol. The summed E-state index contributed by atoms with van der Waals surface area (Å²) in [6.45, 7) is 0.475. The van der Waals surface area contributed by atoms with E-state index in [1.54, 1.807) is 0 Å². The predicted molar refractivity (Wildman–Crippen MR) is 32.1 cm³/mol. The Morgan fingerprint density at radius 2 is 2.08 bits per heavy atom. The fraction of sp³-hybridized carbons (Fsp3) is 0.800. The molecule has 0 aromatic rings. The maximum Gasteiger partial charge on any atom is 0.522 e. The topological polar surface area (TPSA) is 61.6 Å². The average Bonchev–Trinajstić information content (AvgIpc) is 1.80. The highest BCUT2D eigenvalue weighted by Crippen LogP contribution is 2.16. The van der Waals surface area contributed by atoms with Gasteiger partial charge in [0.1, 0.15) is 6.10 Å². The fourth-order valence-electron chi connectivity index (χ4n) is 0.444. The van der Waals surface area contributed by atoms with Gasteiger partial charge in [0.05, 0.1) is 6.61 Å². The summed E-state index contributed by atoms with van der Waals surface area (Å²) in [7, 11) is 0. The zero-order valence-electron chi connectivity index (χ0n) is 6.22. The van der Waals surface area contributed by atoms with Crippen molar-refractivity contribution >= 4 is 6.09 Å². The van der Waals surface area contributed by atoms with Gasteiger partial charge in [-0.15, -0.1) is 13.2 Å². The van der Waals surface area contributed by atoms with Crippen LogP contribution >= 0.6 is 0 Å². The lowest BCUT2D eigenvalue weighted by atomic mass is 10.4. The number of ether oxygens (including phenoxy) is 2. The molecule has 72 valence electrons. The summed E-state index contributed by atoms with van der Waals surface area (Å²) in [6.07, 6.45) is -6.85. The van der Waals surface area contributed by atoms with E-state index in [0.29, 0.717) is 0 Å². The number of rotatable bonds is 3. The Balaban J connectivity index is 3.57. The molecule has 7 heteroatoms. The summed E-state index contributed by atoms with van der Waals surface area (Å²) >= 11 is 0. The van der Waals surface area contributed by atoms with Crippen molar-refractivity contribution in [1.29, 1.82) is 0 Å². The normalized spacial score (nSPS) is 14.0. The van der Waals surface area contributed by atoms with Crippen molar-refractivity contribution in [3.05, 3.63) is 0 Å². The van der Waals surface area contributed by atoms with Crippen LogP contribution in [0.4, 0.5) is 18.0 Å². The van der Waals surface area contributed by atoms with Gasteiger partial charge in [-0.3, -0.25) is 4.74 Å². The van der Waals surface area contributed by atoms with E-state index in [2.05, 4.69) is 15.2 Å². The van der Waals surface area contributed by atoms with Crippen LogP contribution in [0, 0.1) is 0 Å². The Labute approximate surface area is 66.4 Å². The van der Waals surface area contributed by atoms with Crippen molar-refractivity contribution in [3.63, 3.8) is 0 Å². The molecule has 0 bridgehead atoms. The van der Waals surface area contributed by atoms with E-state index in [1.165, 1.54) is 6.92 Å². The van der Waals surface area contributed by atoms with Crippen LogP contribution in [0.25, 0.3) is 0 Å². The van der Waals surface area contributed by atoms with Crippen molar-refractivity contribution in [2.24, 2.45) is 5.73 Å². The van der Waals surface area contributed by atoms with Gasteiger partial charge in [0, 0.05) is 0 Å². The molecule has 0 aliphatic rings. The Morgan fingerprint density at radius 3 is 2.42 bits per heavy atom. The highest BCUT2D eigenvalue weighted by molar-refractivity contribution is 5.64. The second-order valence-corrected chi connectivity index (χ2v) is 2.00. The summed E-state index contributed by atoms with van der Waals surface area (Å²) in [4.78, 5) is 10.00. The van der Waals surface area contributed by atoms with E-state index in [1.807, 2.05) is 0 Å². The van der Waals surface area contributed by atoms with E-state index >= 15 is 0 Å². The lowest BCUT2D eigenvalue weighted by molar-refractivity contribution is -0.329. The Hall–Kier alpha value is -0.980. The van der Waals surface area contributed by atoms with E-state index in [0.717, 1.165) is 0 Å². The molecule has 0 spiro atoms. The second-order valence-electron chi connectivity index (χ2n) is 2.00. The minimum Gasteiger partial charge on any atom is -0.444 e. The molecule has 0 aromatic heterocycles. The first-order chi connectivity index (χ1) is 5.31. The minimum absolute atomic E-state index is 0.758. The molecule has 0 unspecified atom stereocenters. The van der Waals surface area contributed by atoms with Crippen LogP contribution < -0.4 is 5.73 Å². The van der Waals surface area contributed by atoms with Gasteiger partial charge in [0.2, 0.25) is 0 Å². The number of carbonyl (C=O) groups is 1. The highest BCUT2D eigenvalue weighted by Gasteiger charge is 2.30. The molecular formula is C5H8F3NO3. The van der Waals surface area contributed by atoms with Crippen LogP contribution in [0.2, 0.25) is 0 Å². The Bertz CT molecular complexity index is 159. The van der Waals surface area contributed by atoms with E-state index < -0.39 is 25.2 Å². The molecule has 4 nitrogen and oxygen atoms in total. The number of primary amides is 1. The number of alkyl halides is 3. The smallest absolute Gasteiger partial charge is 0.444 e. The molecule has 0 aliphatic heterocycles. The largest absolute Gasteiger partial charge is 0.522 e. The number of hydrogen-bond acceptors (Lipinski definition) is 3. The second kappa shape index (κ2) is 4.15. The third-order valence-corrected chi connectivity index (χ3v) is 0.799. The molecule has 2 N–H and O–H groups in total. The number of carbonyl (C=O) groups excluding carboxylic acids is 1. The Kier molecular flexibility index (Phi) is 3.81. The zero-order chi connectivity index (χ0) is 9.78. The number of halogens is 3. The van der Waals surface area contributed by atoms with Gasteiger partial charge in [-0.25, -0.2) is 4.79 Å². The van der Waals surface area contributed by atoms with Gasteiger partial charge >= 0.3 is 12.5 Å². The molecule has 0 saturated carbocycles. The number of hydrogen-bond donors (Lipinski definition) is 1. The third kappa shape index (κ3) is 7.13. The predicted octanol–water partition coefficient (Wildman–Crippen LogP) is 1.01. The molecule has 0 heterocycles. The first-order valence-corrected chi connectivity index (χ1v) is 2.98. The van der Waals surface area contributed by atoms with Crippen LogP contribution in [-0.2, 0) is 9.47 Å². The molecule has 0 aromatic carbocycles. The van der Waals surface area contributed by atoms with Crippen molar-refractivity contribution in [1.82, 2.24) is 0 Å². The van der Waals surface area contributed by atoms with Crippen molar-refractivity contribution in [2.45, 2.75) is 19.4 Å². The molecule has 0 aliphatic carbocycles. The quantitative estimate of drug-likeness (QED) is 0.717. The molecule has 0 saturated heterocycles. The molecule has 12 heavy (non-hydrogen) atoms. The molecule has 1 amide bonds. The standard InChI is InChI=1S/C5H8F3NO3/c1-3(12-4(9)10)2-11-5(6,7)8/h3H,2H2,1H3,(H2,9,10)/t3-/m0/s1. The number of nitrogens with two attached hydrogens (primary N) is 1. The van der Waals surface area contributed by atoms with Crippen molar-refractivity contribution in [2.75, 3.05) is 6.61 Å².